The van der Waals surface area contributed by atoms with E-state index in [-0.39, 0.29) is 11.4 Å². The van der Waals surface area contributed by atoms with Crippen molar-refractivity contribution in [1.82, 2.24) is 0 Å². The zero-order valence-electron chi connectivity index (χ0n) is 10.4. The minimum absolute atomic E-state index is 0.212. The molecule has 0 fully saturated rings. The van der Waals surface area contributed by atoms with E-state index >= 15 is 0 Å². The molecule has 3 heteroatoms. The average Bonchev–Trinajstić information content (AvgIpc) is 2.40. The van der Waals surface area contributed by atoms with E-state index < -0.39 is 5.97 Å². The van der Waals surface area contributed by atoms with Crippen molar-refractivity contribution < 1.29 is 14.3 Å². The van der Waals surface area contributed by atoms with Gasteiger partial charge < -0.3 is 5.11 Å². The van der Waals surface area contributed by atoms with Gasteiger partial charge in [-0.3, -0.25) is 0 Å². The normalized spacial score (nSPS) is 11.4. The van der Waals surface area contributed by atoms with Crippen LogP contribution in [0.25, 0.3) is 17.2 Å². The lowest BCUT2D eigenvalue weighted by atomic mass is 9.98. The molecule has 0 bridgehead atoms. The average molecular weight is 256 g/mol. The second kappa shape index (κ2) is 5.48. The maximum absolute atomic E-state index is 13.8. The molecule has 0 aliphatic rings. The fraction of sp³-hybridized carbons (Fsp3) is 0.0625. The van der Waals surface area contributed by atoms with Crippen molar-refractivity contribution in [2.45, 2.75) is 6.92 Å². The maximum Gasteiger partial charge on any atom is 0.331 e. The molecular weight excluding hydrogens is 243 g/mol. The molecule has 0 radical (unpaired) electrons. The molecule has 2 rings (SSSR count). The molecule has 0 spiro atoms. The SMILES string of the molecule is C/C(=C\c1ccccc1-c1ccccc1F)C(=O)O. The van der Waals surface area contributed by atoms with Gasteiger partial charge >= 0.3 is 5.97 Å². The fourth-order valence-corrected chi connectivity index (χ4v) is 1.84. The van der Waals surface area contributed by atoms with E-state index in [2.05, 4.69) is 0 Å². The van der Waals surface area contributed by atoms with Crippen LogP contribution in [0.4, 0.5) is 4.39 Å². The van der Waals surface area contributed by atoms with Crippen molar-refractivity contribution in [3.8, 4) is 11.1 Å². The number of carboxylic acids is 1. The van der Waals surface area contributed by atoms with Crippen LogP contribution in [0.2, 0.25) is 0 Å². The third-order valence-electron chi connectivity index (χ3n) is 2.83. The van der Waals surface area contributed by atoms with Crippen molar-refractivity contribution in [2.75, 3.05) is 0 Å². The first-order valence-corrected chi connectivity index (χ1v) is 5.85. The Kier molecular flexibility index (Phi) is 3.76. The molecule has 0 unspecified atom stereocenters. The van der Waals surface area contributed by atoms with Crippen LogP contribution >= 0.6 is 0 Å². The number of carbonyl (C=O) groups is 1. The van der Waals surface area contributed by atoms with Crippen molar-refractivity contribution in [2.24, 2.45) is 0 Å². The minimum atomic E-state index is -0.983. The van der Waals surface area contributed by atoms with Gasteiger partial charge in [0.05, 0.1) is 0 Å². The van der Waals surface area contributed by atoms with Crippen molar-refractivity contribution in [3.63, 3.8) is 0 Å². The first kappa shape index (κ1) is 13.0. The van der Waals surface area contributed by atoms with E-state index in [1.807, 2.05) is 0 Å². The summed E-state index contributed by atoms with van der Waals surface area (Å²) in [5.74, 6) is -1.31. The molecule has 2 aromatic rings. The highest BCUT2D eigenvalue weighted by molar-refractivity contribution is 5.93. The van der Waals surface area contributed by atoms with Gasteiger partial charge in [-0.2, -0.15) is 0 Å². The van der Waals surface area contributed by atoms with Crippen LogP contribution in [-0.4, -0.2) is 11.1 Å². The van der Waals surface area contributed by atoms with Crippen molar-refractivity contribution in [1.29, 1.82) is 0 Å². The second-order valence-corrected chi connectivity index (χ2v) is 4.20. The number of halogens is 1. The molecule has 0 saturated heterocycles. The zero-order valence-corrected chi connectivity index (χ0v) is 10.4. The third kappa shape index (κ3) is 2.88. The maximum atomic E-state index is 13.8. The molecule has 0 aliphatic carbocycles. The van der Waals surface area contributed by atoms with Crippen molar-refractivity contribution in [3.05, 3.63) is 65.5 Å². The predicted octanol–water partition coefficient (Wildman–Crippen LogP) is 3.98. The summed E-state index contributed by atoms with van der Waals surface area (Å²) in [6.07, 6.45) is 1.55. The van der Waals surface area contributed by atoms with Gasteiger partial charge in [0.25, 0.3) is 0 Å². The summed E-state index contributed by atoms with van der Waals surface area (Å²) in [6, 6.07) is 13.6. The summed E-state index contributed by atoms with van der Waals surface area (Å²) in [5, 5.41) is 8.92. The summed E-state index contributed by atoms with van der Waals surface area (Å²) < 4.78 is 13.8. The van der Waals surface area contributed by atoms with Crippen LogP contribution in [0.5, 0.6) is 0 Å². The Labute approximate surface area is 110 Å². The highest BCUT2D eigenvalue weighted by Crippen LogP contribution is 2.27. The highest BCUT2D eigenvalue weighted by Gasteiger charge is 2.08. The van der Waals surface area contributed by atoms with Gasteiger partial charge in [0.1, 0.15) is 5.82 Å². The van der Waals surface area contributed by atoms with E-state index in [1.165, 1.54) is 13.0 Å². The van der Waals surface area contributed by atoms with Gasteiger partial charge in [-0.1, -0.05) is 42.5 Å². The smallest absolute Gasteiger partial charge is 0.331 e. The van der Waals surface area contributed by atoms with E-state index in [1.54, 1.807) is 48.5 Å². The lowest BCUT2D eigenvalue weighted by Gasteiger charge is -2.08. The molecule has 0 atom stereocenters. The van der Waals surface area contributed by atoms with Crippen LogP contribution in [0.3, 0.4) is 0 Å². The van der Waals surface area contributed by atoms with Gasteiger partial charge in [0, 0.05) is 11.1 Å². The van der Waals surface area contributed by atoms with Gasteiger partial charge in [-0.05, 0) is 30.2 Å². The zero-order chi connectivity index (χ0) is 13.8. The van der Waals surface area contributed by atoms with Crippen LogP contribution < -0.4 is 0 Å². The Morgan fingerprint density at radius 3 is 2.26 bits per heavy atom. The number of hydrogen-bond donors (Lipinski definition) is 1. The number of aliphatic carboxylic acids is 1. The quantitative estimate of drug-likeness (QED) is 0.843. The van der Waals surface area contributed by atoms with E-state index in [9.17, 15) is 9.18 Å². The lowest BCUT2D eigenvalue weighted by molar-refractivity contribution is -0.132. The van der Waals surface area contributed by atoms with Crippen LogP contribution in [0.15, 0.2) is 54.1 Å². The first-order chi connectivity index (χ1) is 9.09. The molecule has 0 aliphatic heterocycles. The molecule has 2 aromatic carbocycles. The molecule has 2 nitrogen and oxygen atoms in total. The number of carboxylic acid groups (broad SMARTS) is 1. The predicted molar refractivity (Wildman–Crippen MR) is 73.1 cm³/mol. The minimum Gasteiger partial charge on any atom is -0.478 e. The Hall–Kier alpha value is -2.42. The number of rotatable bonds is 3. The molecule has 19 heavy (non-hydrogen) atoms. The standard InChI is InChI=1S/C16H13FO2/c1-11(16(18)19)10-12-6-2-3-7-13(12)14-8-4-5-9-15(14)17/h2-10H,1H3,(H,18,19)/b11-10+. The Morgan fingerprint density at radius 1 is 1.05 bits per heavy atom. The molecule has 0 saturated carbocycles. The molecule has 96 valence electrons. The molecule has 1 N–H and O–H groups in total. The van der Waals surface area contributed by atoms with Crippen LogP contribution in [0, 0.1) is 5.82 Å². The van der Waals surface area contributed by atoms with Crippen LogP contribution in [-0.2, 0) is 4.79 Å². The molecular formula is C16H13FO2. The van der Waals surface area contributed by atoms with Crippen LogP contribution in [0.1, 0.15) is 12.5 Å². The highest BCUT2D eigenvalue weighted by atomic mass is 19.1. The summed E-state index contributed by atoms with van der Waals surface area (Å²) in [6.45, 7) is 1.51. The largest absolute Gasteiger partial charge is 0.478 e. The lowest BCUT2D eigenvalue weighted by Crippen LogP contribution is -1.96. The first-order valence-electron chi connectivity index (χ1n) is 5.85. The van der Waals surface area contributed by atoms with Crippen molar-refractivity contribution >= 4 is 12.0 Å². The van der Waals surface area contributed by atoms with E-state index in [0.29, 0.717) is 16.7 Å². The summed E-state index contributed by atoms with van der Waals surface area (Å²) in [4.78, 5) is 10.9. The molecule has 0 heterocycles. The Balaban J connectivity index is 2.57. The number of benzene rings is 2. The van der Waals surface area contributed by atoms with Gasteiger partial charge in [0.2, 0.25) is 0 Å². The van der Waals surface area contributed by atoms with Gasteiger partial charge in [0.15, 0.2) is 0 Å². The Bertz CT molecular complexity index is 645. The number of hydrogen-bond acceptors (Lipinski definition) is 1. The summed E-state index contributed by atoms with van der Waals surface area (Å²) in [7, 11) is 0. The van der Waals surface area contributed by atoms with E-state index in [4.69, 9.17) is 5.11 Å². The monoisotopic (exact) mass is 256 g/mol. The molecule has 0 amide bonds. The van der Waals surface area contributed by atoms with Gasteiger partial charge in [-0.25, -0.2) is 9.18 Å². The third-order valence-corrected chi connectivity index (χ3v) is 2.83. The molecule has 0 aromatic heterocycles. The van der Waals surface area contributed by atoms with Gasteiger partial charge in [-0.15, -0.1) is 0 Å². The topological polar surface area (TPSA) is 37.3 Å². The summed E-state index contributed by atoms with van der Waals surface area (Å²) >= 11 is 0. The van der Waals surface area contributed by atoms with E-state index in [0.717, 1.165) is 0 Å². The summed E-state index contributed by atoms with van der Waals surface area (Å²) in [5.41, 5.74) is 2.05. The Morgan fingerprint density at radius 2 is 1.63 bits per heavy atom. The fourth-order valence-electron chi connectivity index (χ4n) is 1.84. The second-order valence-electron chi connectivity index (χ2n) is 4.20.